The van der Waals surface area contributed by atoms with Gasteiger partial charge >= 0.3 is 12.0 Å². The van der Waals surface area contributed by atoms with Gasteiger partial charge in [0.2, 0.25) is 0 Å². The van der Waals surface area contributed by atoms with Crippen molar-refractivity contribution in [2.24, 2.45) is 0 Å². The van der Waals surface area contributed by atoms with Crippen molar-refractivity contribution in [3.05, 3.63) is 44.3 Å². The van der Waals surface area contributed by atoms with E-state index in [2.05, 4.69) is 31.5 Å². The van der Waals surface area contributed by atoms with E-state index < -0.39 is 12.0 Å². The lowest BCUT2D eigenvalue weighted by Crippen LogP contribution is -2.28. The number of aromatic nitrogens is 1. The molecule has 0 atom stereocenters. The van der Waals surface area contributed by atoms with Gasteiger partial charge < -0.3 is 15.7 Å². The number of carbonyl (C=O) groups excluding carboxylic acids is 1. The number of halogens is 1. The van der Waals surface area contributed by atoms with E-state index in [1.54, 1.807) is 6.07 Å². The molecule has 0 fully saturated rings. The van der Waals surface area contributed by atoms with Gasteiger partial charge in [-0.05, 0) is 41.1 Å². The monoisotopic (exact) mass is 369 g/mol. The maximum atomic E-state index is 11.8. The van der Waals surface area contributed by atoms with Crippen LogP contribution in [0.1, 0.15) is 21.1 Å². The molecule has 1 aromatic heterocycles. The highest BCUT2D eigenvalue weighted by Gasteiger charge is 2.10. The average Bonchev–Trinajstić information content (AvgIpc) is 2.84. The molecule has 1 aromatic carbocycles. The summed E-state index contributed by atoms with van der Waals surface area (Å²) >= 11 is 4.77. The highest BCUT2D eigenvalue weighted by Crippen LogP contribution is 2.23. The number of aryl methyl sites for hydroxylation is 1. The maximum absolute atomic E-state index is 11.8. The molecular formula is C13H12BrN3O3S. The summed E-state index contributed by atoms with van der Waals surface area (Å²) in [6.45, 7) is 2.20. The van der Waals surface area contributed by atoms with Gasteiger partial charge in [-0.15, -0.1) is 11.3 Å². The summed E-state index contributed by atoms with van der Waals surface area (Å²) in [5.74, 6) is -1.05. The van der Waals surface area contributed by atoms with Crippen molar-refractivity contribution in [2.75, 3.05) is 5.32 Å². The number of rotatable bonds is 4. The summed E-state index contributed by atoms with van der Waals surface area (Å²) in [4.78, 5) is 27.0. The van der Waals surface area contributed by atoms with E-state index in [0.717, 1.165) is 10.7 Å². The molecule has 0 saturated carbocycles. The van der Waals surface area contributed by atoms with Crippen molar-refractivity contribution >= 4 is 45.0 Å². The van der Waals surface area contributed by atoms with Crippen molar-refractivity contribution in [2.45, 2.75) is 13.5 Å². The van der Waals surface area contributed by atoms with Crippen LogP contribution in [0.4, 0.5) is 10.5 Å². The number of nitrogens with one attached hydrogen (secondary N) is 2. The highest BCUT2D eigenvalue weighted by atomic mass is 79.9. The Morgan fingerprint density at radius 3 is 2.81 bits per heavy atom. The van der Waals surface area contributed by atoms with Crippen LogP contribution in [0.2, 0.25) is 0 Å². The molecule has 2 amide bonds. The minimum Gasteiger partial charge on any atom is -0.478 e. The summed E-state index contributed by atoms with van der Waals surface area (Å²) in [5.41, 5.74) is 1.27. The Kier molecular flexibility index (Phi) is 4.92. The average molecular weight is 370 g/mol. The molecule has 0 unspecified atom stereocenters. The molecule has 0 bridgehead atoms. The SMILES string of the molecule is Cc1nc(CNC(=O)Nc2cc(C(=O)O)ccc2Br)cs1. The first-order valence-electron chi connectivity index (χ1n) is 5.94. The normalized spacial score (nSPS) is 10.2. The molecule has 110 valence electrons. The summed E-state index contributed by atoms with van der Waals surface area (Å²) in [6, 6.07) is 3.99. The first-order chi connectivity index (χ1) is 9.95. The van der Waals surface area contributed by atoms with Crippen molar-refractivity contribution in [3.8, 4) is 0 Å². The highest BCUT2D eigenvalue weighted by molar-refractivity contribution is 9.10. The standard InChI is InChI=1S/C13H12BrN3O3S/c1-7-16-9(6-21-7)5-15-13(20)17-11-4-8(12(18)19)2-3-10(11)14/h2-4,6H,5H2,1H3,(H,18,19)(H2,15,17,20). The smallest absolute Gasteiger partial charge is 0.335 e. The predicted molar refractivity (Wildman–Crippen MR) is 83.8 cm³/mol. The second-order valence-corrected chi connectivity index (χ2v) is 6.08. The van der Waals surface area contributed by atoms with E-state index in [1.165, 1.54) is 23.5 Å². The number of hydrogen-bond acceptors (Lipinski definition) is 4. The Labute approximate surface area is 133 Å². The number of amides is 2. The summed E-state index contributed by atoms with van der Waals surface area (Å²) in [6.07, 6.45) is 0. The zero-order chi connectivity index (χ0) is 15.4. The second kappa shape index (κ2) is 6.68. The van der Waals surface area contributed by atoms with Crippen LogP contribution in [0.5, 0.6) is 0 Å². The van der Waals surface area contributed by atoms with Crippen molar-refractivity contribution in [1.82, 2.24) is 10.3 Å². The third-order valence-electron chi connectivity index (χ3n) is 2.56. The zero-order valence-corrected chi connectivity index (χ0v) is 13.4. The fraction of sp³-hybridized carbons (Fsp3) is 0.154. The van der Waals surface area contributed by atoms with Crippen molar-refractivity contribution in [1.29, 1.82) is 0 Å². The fourth-order valence-corrected chi connectivity index (χ4v) is 2.54. The number of nitrogens with zero attached hydrogens (tertiary/aromatic N) is 1. The van der Waals surface area contributed by atoms with E-state index in [4.69, 9.17) is 5.11 Å². The van der Waals surface area contributed by atoms with Crippen LogP contribution in [-0.4, -0.2) is 22.1 Å². The number of thiazole rings is 1. The molecule has 0 aliphatic heterocycles. The molecule has 2 aromatic rings. The topological polar surface area (TPSA) is 91.3 Å². The van der Waals surface area contributed by atoms with E-state index in [0.29, 0.717) is 16.7 Å². The molecule has 0 aliphatic rings. The molecule has 21 heavy (non-hydrogen) atoms. The van der Waals surface area contributed by atoms with Crippen LogP contribution in [0, 0.1) is 6.92 Å². The Hall–Kier alpha value is -1.93. The predicted octanol–water partition coefficient (Wildman–Crippen LogP) is 3.23. The molecule has 0 saturated heterocycles. The number of anilines is 1. The lowest BCUT2D eigenvalue weighted by molar-refractivity contribution is 0.0697. The number of urea groups is 1. The summed E-state index contributed by atoms with van der Waals surface area (Å²) in [5, 5.41) is 17.0. The first-order valence-corrected chi connectivity index (χ1v) is 7.61. The number of carboxylic acids is 1. The minimum absolute atomic E-state index is 0.101. The molecule has 3 N–H and O–H groups in total. The third-order valence-corrected chi connectivity index (χ3v) is 4.07. The second-order valence-electron chi connectivity index (χ2n) is 4.17. The molecule has 8 heteroatoms. The summed E-state index contributed by atoms with van der Waals surface area (Å²) < 4.78 is 0.604. The molecular weight excluding hydrogens is 358 g/mol. The lowest BCUT2D eigenvalue weighted by atomic mass is 10.2. The summed E-state index contributed by atoms with van der Waals surface area (Å²) in [7, 11) is 0. The van der Waals surface area contributed by atoms with Gasteiger partial charge in [-0.25, -0.2) is 14.6 Å². The zero-order valence-electron chi connectivity index (χ0n) is 11.0. The van der Waals surface area contributed by atoms with Gasteiger partial charge in [0.1, 0.15) is 0 Å². The molecule has 2 rings (SSSR count). The van der Waals surface area contributed by atoms with Crippen LogP contribution in [0.25, 0.3) is 0 Å². The van der Waals surface area contributed by atoms with Crippen LogP contribution in [0.15, 0.2) is 28.1 Å². The van der Waals surface area contributed by atoms with E-state index in [1.807, 2.05) is 12.3 Å². The number of benzene rings is 1. The number of aromatic carboxylic acids is 1. The largest absolute Gasteiger partial charge is 0.478 e. The van der Waals surface area contributed by atoms with Crippen molar-refractivity contribution < 1.29 is 14.7 Å². The van der Waals surface area contributed by atoms with Crippen LogP contribution < -0.4 is 10.6 Å². The Balaban J connectivity index is 1.99. The number of carboxylic acid groups (broad SMARTS) is 1. The van der Waals surface area contributed by atoms with E-state index in [-0.39, 0.29) is 5.56 Å². The van der Waals surface area contributed by atoms with Gasteiger partial charge in [0.15, 0.2) is 0 Å². The fourth-order valence-electron chi connectivity index (χ4n) is 1.58. The van der Waals surface area contributed by atoms with Crippen molar-refractivity contribution in [3.63, 3.8) is 0 Å². The maximum Gasteiger partial charge on any atom is 0.335 e. The Morgan fingerprint density at radius 1 is 1.43 bits per heavy atom. The molecule has 0 aliphatic carbocycles. The van der Waals surface area contributed by atoms with Gasteiger partial charge in [-0.2, -0.15) is 0 Å². The van der Waals surface area contributed by atoms with Gasteiger partial charge in [0.05, 0.1) is 28.5 Å². The lowest BCUT2D eigenvalue weighted by Gasteiger charge is -2.09. The number of carbonyl (C=O) groups is 2. The van der Waals surface area contributed by atoms with Crippen LogP contribution in [-0.2, 0) is 6.54 Å². The van der Waals surface area contributed by atoms with Crippen LogP contribution >= 0.6 is 27.3 Å². The van der Waals surface area contributed by atoms with Gasteiger partial charge in [-0.1, -0.05) is 0 Å². The Bertz CT molecular complexity index is 687. The van der Waals surface area contributed by atoms with Gasteiger partial charge in [0, 0.05) is 9.85 Å². The van der Waals surface area contributed by atoms with E-state index in [9.17, 15) is 9.59 Å². The Morgan fingerprint density at radius 2 is 2.19 bits per heavy atom. The first kappa shape index (κ1) is 15.5. The molecule has 0 spiro atoms. The minimum atomic E-state index is -1.05. The quantitative estimate of drug-likeness (QED) is 0.771. The molecule has 6 nitrogen and oxygen atoms in total. The third kappa shape index (κ3) is 4.27. The van der Waals surface area contributed by atoms with Gasteiger partial charge in [-0.3, -0.25) is 0 Å². The van der Waals surface area contributed by atoms with Crippen LogP contribution in [0.3, 0.4) is 0 Å². The number of hydrogen-bond donors (Lipinski definition) is 3. The molecule has 0 radical (unpaired) electrons. The van der Waals surface area contributed by atoms with E-state index >= 15 is 0 Å². The molecule has 1 heterocycles. The van der Waals surface area contributed by atoms with Gasteiger partial charge in [0.25, 0.3) is 0 Å².